The quantitative estimate of drug-likeness (QED) is 0.879. The van der Waals surface area contributed by atoms with Gasteiger partial charge in [-0.1, -0.05) is 13.0 Å². The normalized spacial score (nSPS) is 10.6. The molecule has 2 aromatic rings. The number of halogens is 1. The highest BCUT2D eigenvalue weighted by atomic mass is 19.1. The zero-order chi connectivity index (χ0) is 14.4. The van der Waals surface area contributed by atoms with Crippen LogP contribution in [0.15, 0.2) is 36.4 Å². The van der Waals surface area contributed by atoms with Crippen LogP contribution in [0.5, 0.6) is 0 Å². The summed E-state index contributed by atoms with van der Waals surface area (Å²) < 4.78 is 13.3. The standard InChI is InChI=1S/C15H19FN4/c1-3-17-11-13-8-9-15(19-18-13)20(4-2)14-7-5-6-12(16)10-14/h5-10,17H,3-4,11H2,1-2H3. The van der Waals surface area contributed by atoms with Gasteiger partial charge in [-0.05, 0) is 43.8 Å². The number of rotatable bonds is 6. The van der Waals surface area contributed by atoms with Gasteiger partial charge in [-0.3, -0.25) is 0 Å². The van der Waals surface area contributed by atoms with Gasteiger partial charge in [-0.2, -0.15) is 5.10 Å². The monoisotopic (exact) mass is 274 g/mol. The first-order valence-corrected chi connectivity index (χ1v) is 6.81. The lowest BCUT2D eigenvalue weighted by Gasteiger charge is -2.21. The van der Waals surface area contributed by atoms with E-state index in [0.717, 1.165) is 23.7 Å². The molecule has 0 saturated carbocycles. The second-order valence-electron chi connectivity index (χ2n) is 4.39. The minimum absolute atomic E-state index is 0.252. The Bertz CT molecular complexity index is 542. The molecular formula is C15H19FN4. The third-order valence-corrected chi connectivity index (χ3v) is 2.97. The molecule has 0 unspecified atom stereocenters. The minimum atomic E-state index is -0.252. The van der Waals surface area contributed by atoms with Gasteiger partial charge >= 0.3 is 0 Å². The van der Waals surface area contributed by atoms with Crippen molar-refractivity contribution < 1.29 is 4.39 Å². The van der Waals surface area contributed by atoms with Gasteiger partial charge in [0.05, 0.1) is 5.69 Å². The van der Waals surface area contributed by atoms with E-state index in [9.17, 15) is 4.39 Å². The first-order chi connectivity index (χ1) is 9.74. The molecule has 0 bridgehead atoms. The van der Waals surface area contributed by atoms with Gasteiger partial charge in [0.1, 0.15) is 5.82 Å². The van der Waals surface area contributed by atoms with E-state index in [2.05, 4.69) is 15.5 Å². The topological polar surface area (TPSA) is 41.0 Å². The molecule has 0 aliphatic rings. The summed E-state index contributed by atoms with van der Waals surface area (Å²) in [6.45, 7) is 6.35. The first-order valence-electron chi connectivity index (χ1n) is 6.81. The molecule has 5 heteroatoms. The summed E-state index contributed by atoms with van der Waals surface area (Å²) in [5.74, 6) is 0.469. The predicted octanol–water partition coefficient (Wildman–Crippen LogP) is 2.88. The van der Waals surface area contributed by atoms with Gasteiger partial charge in [0.25, 0.3) is 0 Å². The predicted molar refractivity (Wildman–Crippen MR) is 78.5 cm³/mol. The largest absolute Gasteiger partial charge is 0.325 e. The van der Waals surface area contributed by atoms with E-state index < -0.39 is 0 Å². The zero-order valence-corrected chi connectivity index (χ0v) is 11.8. The fourth-order valence-electron chi connectivity index (χ4n) is 1.97. The summed E-state index contributed by atoms with van der Waals surface area (Å²) in [6, 6.07) is 10.3. The van der Waals surface area contributed by atoms with Gasteiger partial charge in [0.2, 0.25) is 0 Å². The Hall–Kier alpha value is -2.01. The number of hydrogen-bond acceptors (Lipinski definition) is 4. The second-order valence-corrected chi connectivity index (χ2v) is 4.39. The van der Waals surface area contributed by atoms with E-state index in [1.807, 2.05) is 36.9 Å². The van der Waals surface area contributed by atoms with Crippen molar-refractivity contribution in [3.8, 4) is 0 Å². The van der Waals surface area contributed by atoms with E-state index in [0.29, 0.717) is 13.1 Å². The first kappa shape index (κ1) is 14.4. The highest BCUT2D eigenvalue weighted by molar-refractivity contribution is 5.59. The van der Waals surface area contributed by atoms with E-state index in [1.165, 1.54) is 12.1 Å². The molecule has 20 heavy (non-hydrogen) atoms. The van der Waals surface area contributed by atoms with Crippen LogP contribution in [0.4, 0.5) is 15.9 Å². The summed E-state index contributed by atoms with van der Waals surface area (Å²) in [5, 5.41) is 11.6. The van der Waals surface area contributed by atoms with E-state index in [1.54, 1.807) is 6.07 Å². The van der Waals surface area contributed by atoms with Crippen LogP contribution in [0.2, 0.25) is 0 Å². The average molecular weight is 274 g/mol. The van der Waals surface area contributed by atoms with E-state index in [4.69, 9.17) is 0 Å². The molecule has 0 fully saturated rings. The van der Waals surface area contributed by atoms with Crippen molar-refractivity contribution in [1.82, 2.24) is 15.5 Å². The van der Waals surface area contributed by atoms with Gasteiger partial charge in [-0.25, -0.2) is 4.39 Å². The summed E-state index contributed by atoms with van der Waals surface area (Å²) in [6.07, 6.45) is 0. The Balaban J connectivity index is 2.19. The molecule has 1 heterocycles. The van der Waals surface area contributed by atoms with Gasteiger partial charge in [0.15, 0.2) is 5.82 Å². The molecule has 0 aliphatic heterocycles. The lowest BCUT2D eigenvalue weighted by atomic mass is 10.2. The molecule has 106 valence electrons. The van der Waals surface area contributed by atoms with Gasteiger partial charge < -0.3 is 10.2 Å². The summed E-state index contributed by atoms with van der Waals surface area (Å²) in [5.41, 5.74) is 1.67. The van der Waals surface area contributed by atoms with Crippen molar-refractivity contribution in [2.75, 3.05) is 18.0 Å². The molecule has 2 rings (SSSR count). The molecule has 1 N–H and O–H groups in total. The summed E-state index contributed by atoms with van der Waals surface area (Å²) >= 11 is 0. The third kappa shape index (κ3) is 3.51. The zero-order valence-electron chi connectivity index (χ0n) is 11.8. The van der Waals surface area contributed by atoms with Crippen LogP contribution in [0.3, 0.4) is 0 Å². The Kier molecular flexibility index (Phi) is 5.01. The molecule has 0 amide bonds. The maximum absolute atomic E-state index is 13.3. The maximum Gasteiger partial charge on any atom is 0.155 e. The molecule has 0 radical (unpaired) electrons. The molecule has 0 aliphatic carbocycles. The summed E-state index contributed by atoms with van der Waals surface area (Å²) in [7, 11) is 0. The van der Waals surface area contributed by atoms with Crippen LogP contribution < -0.4 is 10.2 Å². The van der Waals surface area contributed by atoms with Crippen LogP contribution >= 0.6 is 0 Å². The van der Waals surface area contributed by atoms with Crippen LogP contribution in [0.25, 0.3) is 0 Å². The highest BCUT2D eigenvalue weighted by Gasteiger charge is 2.10. The molecular weight excluding hydrogens is 255 g/mol. The number of benzene rings is 1. The minimum Gasteiger partial charge on any atom is -0.325 e. The third-order valence-electron chi connectivity index (χ3n) is 2.97. The van der Waals surface area contributed by atoms with Crippen molar-refractivity contribution in [3.05, 3.63) is 47.9 Å². The van der Waals surface area contributed by atoms with Crippen molar-refractivity contribution in [2.45, 2.75) is 20.4 Å². The number of anilines is 2. The van der Waals surface area contributed by atoms with E-state index in [-0.39, 0.29) is 5.82 Å². The van der Waals surface area contributed by atoms with Gasteiger partial charge in [-0.15, -0.1) is 5.10 Å². The number of nitrogens with one attached hydrogen (secondary N) is 1. The number of aromatic nitrogens is 2. The summed E-state index contributed by atoms with van der Waals surface area (Å²) in [4.78, 5) is 1.92. The van der Waals surface area contributed by atoms with Crippen molar-refractivity contribution >= 4 is 11.5 Å². The van der Waals surface area contributed by atoms with Crippen molar-refractivity contribution in [3.63, 3.8) is 0 Å². The van der Waals surface area contributed by atoms with Crippen LogP contribution in [0, 0.1) is 5.82 Å². The average Bonchev–Trinajstić information content (AvgIpc) is 2.47. The molecule has 4 nitrogen and oxygen atoms in total. The van der Waals surface area contributed by atoms with Crippen molar-refractivity contribution in [2.24, 2.45) is 0 Å². The Morgan fingerprint density at radius 2 is 2.00 bits per heavy atom. The van der Waals surface area contributed by atoms with Crippen LogP contribution in [-0.2, 0) is 6.54 Å². The Morgan fingerprint density at radius 1 is 1.15 bits per heavy atom. The molecule has 1 aromatic carbocycles. The smallest absolute Gasteiger partial charge is 0.155 e. The van der Waals surface area contributed by atoms with E-state index >= 15 is 0 Å². The number of nitrogens with zero attached hydrogens (tertiary/aromatic N) is 3. The number of hydrogen-bond donors (Lipinski definition) is 1. The molecule has 0 atom stereocenters. The van der Waals surface area contributed by atoms with Crippen LogP contribution in [0.1, 0.15) is 19.5 Å². The molecule has 0 saturated heterocycles. The second kappa shape index (κ2) is 6.96. The fourth-order valence-corrected chi connectivity index (χ4v) is 1.97. The Morgan fingerprint density at radius 3 is 2.60 bits per heavy atom. The van der Waals surface area contributed by atoms with Crippen molar-refractivity contribution in [1.29, 1.82) is 0 Å². The fraction of sp³-hybridized carbons (Fsp3) is 0.333. The SMILES string of the molecule is CCNCc1ccc(N(CC)c2cccc(F)c2)nn1. The lowest BCUT2D eigenvalue weighted by Crippen LogP contribution is -2.19. The van der Waals surface area contributed by atoms with Crippen LogP contribution in [-0.4, -0.2) is 23.3 Å². The molecule has 0 spiro atoms. The molecule has 1 aromatic heterocycles. The van der Waals surface area contributed by atoms with Gasteiger partial charge in [0, 0.05) is 18.8 Å². The maximum atomic E-state index is 13.3. The highest BCUT2D eigenvalue weighted by Crippen LogP contribution is 2.23. The lowest BCUT2D eigenvalue weighted by molar-refractivity contribution is 0.627. The Labute approximate surface area is 118 Å².